The van der Waals surface area contributed by atoms with Gasteiger partial charge in [0, 0.05) is 33.6 Å². The van der Waals surface area contributed by atoms with Gasteiger partial charge in [0.05, 0.1) is 11.4 Å². The van der Waals surface area contributed by atoms with Crippen molar-refractivity contribution in [3.63, 3.8) is 0 Å². The number of anilines is 5. The Bertz CT molecular complexity index is 1930. The van der Waals surface area contributed by atoms with Crippen LogP contribution in [0, 0.1) is 5.41 Å². The van der Waals surface area contributed by atoms with Crippen molar-refractivity contribution in [2.24, 2.45) is 5.41 Å². The summed E-state index contributed by atoms with van der Waals surface area (Å²) in [5.41, 5.74) is 15.0. The molecule has 0 bridgehead atoms. The summed E-state index contributed by atoms with van der Waals surface area (Å²) in [6.07, 6.45) is 4.42. The van der Waals surface area contributed by atoms with E-state index in [0.717, 1.165) is 11.4 Å². The van der Waals surface area contributed by atoms with E-state index < -0.39 is 0 Å². The molecule has 2 heterocycles. The second-order valence-electron chi connectivity index (χ2n) is 16.5. The van der Waals surface area contributed by atoms with E-state index in [0.29, 0.717) is 0 Å². The minimum Gasteiger partial charge on any atom is -0.314 e. The van der Waals surface area contributed by atoms with Gasteiger partial charge in [-0.2, -0.15) is 0 Å². The maximum absolute atomic E-state index is 4.21. The first-order valence-electron chi connectivity index (χ1n) is 17.1. The fourth-order valence-corrected chi connectivity index (χ4v) is 7.67. The standard InChI is InChI=1S/C45H52N2/c1-13-31(42(3,4)5)27-37-30(2)46(39-23-16-14-21-35(39)44(37,9)10)33-19-18-20-34(29-33)47-40-24-17-15-22-36(40)45(11,12)38-28-32(43(6,7)8)25-26-41(38)47/h13-29H,1H2,2-12H3/b31-27+. The van der Waals surface area contributed by atoms with E-state index in [1.54, 1.807) is 0 Å². The van der Waals surface area contributed by atoms with Crippen LogP contribution in [-0.4, -0.2) is 0 Å². The van der Waals surface area contributed by atoms with Crippen LogP contribution in [0.5, 0.6) is 0 Å². The lowest BCUT2D eigenvalue weighted by molar-refractivity contribution is 0.513. The molecule has 6 rings (SSSR count). The van der Waals surface area contributed by atoms with Crippen LogP contribution in [-0.2, 0) is 16.2 Å². The maximum Gasteiger partial charge on any atom is 0.0502 e. The fourth-order valence-electron chi connectivity index (χ4n) is 7.67. The average Bonchev–Trinajstić information content (AvgIpc) is 3.00. The molecule has 0 radical (unpaired) electrons. The summed E-state index contributed by atoms with van der Waals surface area (Å²) < 4.78 is 0. The lowest BCUT2D eigenvalue weighted by Crippen LogP contribution is -2.33. The number of nitrogens with zero attached hydrogens (tertiary/aromatic N) is 2. The minimum atomic E-state index is -0.171. The monoisotopic (exact) mass is 620 g/mol. The molecule has 47 heavy (non-hydrogen) atoms. The molecule has 0 spiro atoms. The summed E-state index contributed by atoms with van der Waals surface area (Å²) in [6.45, 7) is 29.6. The van der Waals surface area contributed by atoms with Gasteiger partial charge in [0.1, 0.15) is 0 Å². The Morgan fingerprint density at radius 3 is 1.72 bits per heavy atom. The molecule has 0 atom stereocenters. The van der Waals surface area contributed by atoms with E-state index in [2.05, 4.69) is 190 Å². The molecule has 2 nitrogen and oxygen atoms in total. The normalized spacial score (nSPS) is 17.2. The molecule has 0 aromatic heterocycles. The van der Waals surface area contributed by atoms with Gasteiger partial charge < -0.3 is 9.80 Å². The van der Waals surface area contributed by atoms with Crippen molar-refractivity contribution in [2.45, 2.75) is 92.4 Å². The van der Waals surface area contributed by atoms with Crippen LogP contribution in [0.2, 0.25) is 0 Å². The van der Waals surface area contributed by atoms with E-state index in [1.807, 2.05) is 6.08 Å². The zero-order valence-corrected chi connectivity index (χ0v) is 30.4. The highest BCUT2D eigenvalue weighted by Crippen LogP contribution is 2.54. The highest BCUT2D eigenvalue weighted by Gasteiger charge is 2.39. The number of allylic oxidation sites excluding steroid dienone is 5. The smallest absolute Gasteiger partial charge is 0.0502 e. The molecule has 2 aliphatic rings. The van der Waals surface area contributed by atoms with Gasteiger partial charge in [-0.1, -0.05) is 143 Å². The van der Waals surface area contributed by atoms with Gasteiger partial charge in [0.2, 0.25) is 0 Å². The van der Waals surface area contributed by atoms with Crippen molar-refractivity contribution >= 4 is 28.4 Å². The van der Waals surface area contributed by atoms with Gasteiger partial charge in [-0.15, -0.1) is 0 Å². The molecular weight excluding hydrogens is 569 g/mol. The van der Waals surface area contributed by atoms with Crippen molar-refractivity contribution in [2.75, 3.05) is 9.80 Å². The molecule has 0 amide bonds. The molecule has 242 valence electrons. The second-order valence-corrected chi connectivity index (χ2v) is 16.5. The predicted molar refractivity (Wildman–Crippen MR) is 204 cm³/mol. The summed E-state index contributed by atoms with van der Waals surface area (Å²) >= 11 is 0. The Morgan fingerprint density at radius 2 is 1.15 bits per heavy atom. The Labute approximate surface area is 284 Å². The fraction of sp³-hybridized carbons (Fsp3) is 0.333. The van der Waals surface area contributed by atoms with E-state index >= 15 is 0 Å². The molecular formula is C45H52N2. The minimum absolute atomic E-state index is 0.0114. The van der Waals surface area contributed by atoms with E-state index in [9.17, 15) is 0 Å². The van der Waals surface area contributed by atoms with Crippen molar-refractivity contribution < 1.29 is 0 Å². The molecule has 2 aliphatic heterocycles. The Morgan fingerprint density at radius 1 is 0.617 bits per heavy atom. The zero-order valence-electron chi connectivity index (χ0n) is 30.4. The zero-order chi connectivity index (χ0) is 34.1. The summed E-state index contributed by atoms with van der Waals surface area (Å²) in [5, 5.41) is 0. The van der Waals surface area contributed by atoms with Crippen LogP contribution >= 0.6 is 0 Å². The SMILES string of the molecule is C=C/C(=C\C1=C(C)N(c2cccc(N3c4ccccc4C(C)(C)c4cc(C(C)(C)C)ccc43)c2)c2ccccc2C1(C)C)C(C)(C)C. The Balaban J connectivity index is 1.58. The van der Waals surface area contributed by atoms with Gasteiger partial charge in [0.15, 0.2) is 0 Å². The molecule has 0 aliphatic carbocycles. The second kappa shape index (κ2) is 11.2. The third-order valence-corrected chi connectivity index (χ3v) is 10.5. The third-order valence-electron chi connectivity index (χ3n) is 10.5. The summed E-state index contributed by atoms with van der Waals surface area (Å²) in [4.78, 5) is 4.93. The van der Waals surface area contributed by atoms with Gasteiger partial charge in [0.25, 0.3) is 0 Å². The predicted octanol–water partition coefficient (Wildman–Crippen LogP) is 13.0. The van der Waals surface area contributed by atoms with Crippen LogP contribution < -0.4 is 9.80 Å². The Kier molecular flexibility index (Phi) is 7.74. The van der Waals surface area contributed by atoms with Crippen molar-refractivity contribution in [3.8, 4) is 0 Å². The van der Waals surface area contributed by atoms with Gasteiger partial charge in [-0.05, 0) is 87.6 Å². The number of para-hydroxylation sites is 2. The first-order chi connectivity index (χ1) is 22.0. The summed E-state index contributed by atoms with van der Waals surface area (Å²) in [5.74, 6) is 0. The number of hydrogen-bond acceptors (Lipinski definition) is 2. The van der Waals surface area contributed by atoms with Gasteiger partial charge in [-0.3, -0.25) is 0 Å². The Hall–Kier alpha value is -4.30. The number of fused-ring (bicyclic) bond motifs is 3. The molecule has 2 heteroatoms. The number of hydrogen-bond donors (Lipinski definition) is 0. The largest absolute Gasteiger partial charge is 0.314 e. The highest BCUT2D eigenvalue weighted by atomic mass is 15.2. The summed E-state index contributed by atoms with van der Waals surface area (Å²) in [6, 6.07) is 34.0. The van der Waals surface area contributed by atoms with Crippen LogP contribution in [0.4, 0.5) is 28.4 Å². The van der Waals surface area contributed by atoms with Crippen LogP contribution in [0.1, 0.15) is 98.4 Å². The maximum atomic E-state index is 4.21. The molecule has 4 aromatic carbocycles. The van der Waals surface area contributed by atoms with E-state index in [-0.39, 0.29) is 21.7 Å². The highest BCUT2D eigenvalue weighted by molar-refractivity contribution is 5.88. The quantitative estimate of drug-likeness (QED) is 0.209. The van der Waals surface area contributed by atoms with Crippen molar-refractivity contribution in [3.05, 3.63) is 149 Å². The molecule has 0 saturated carbocycles. The molecule has 0 fully saturated rings. The molecule has 4 aromatic rings. The van der Waals surface area contributed by atoms with Crippen molar-refractivity contribution in [1.29, 1.82) is 0 Å². The molecule has 0 saturated heterocycles. The van der Waals surface area contributed by atoms with Crippen molar-refractivity contribution in [1.82, 2.24) is 0 Å². The van der Waals surface area contributed by atoms with Crippen LogP contribution in [0.25, 0.3) is 0 Å². The summed E-state index contributed by atoms with van der Waals surface area (Å²) in [7, 11) is 0. The number of benzene rings is 4. The van der Waals surface area contributed by atoms with Gasteiger partial charge in [-0.25, -0.2) is 0 Å². The lowest BCUT2D eigenvalue weighted by atomic mass is 9.71. The lowest BCUT2D eigenvalue weighted by Gasteiger charge is -2.44. The van der Waals surface area contributed by atoms with E-state index in [1.165, 1.54) is 56.2 Å². The van der Waals surface area contributed by atoms with Crippen LogP contribution in [0.15, 0.2) is 127 Å². The number of rotatable bonds is 4. The third kappa shape index (κ3) is 5.36. The van der Waals surface area contributed by atoms with E-state index in [4.69, 9.17) is 0 Å². The first kappa shape index (κ1) is 32.6. The topological polar surface area (TPSA) is 6.48 Å². The van der Waals surface area contributed by atoms with Crippen LogP contribution in [0.3, 0.4) is 0 Å². The molecule has 0 N–H and O–H groups in total. The first-order valence-corrected chi connectivity index (χ1v) is 17.1. The molecule has 0 unspecified atom stereocenters. The van der Waals surface area contributed by atoms with Gasteiger partial charge >= 0.3 is 0 Å². The average molecular weight is 621 g/mol.